The van der Waals surface area contributed by atoms with Crippen molar-refractivity contribution in [2.45, 2.75) is 57.7 Å². The van der Waals surface area contributed by atoms with E-state index in [9.17, 15) is 5.11 Å². The summed E-state index contributed by atoms with van der Waals surface area (Å²) < 4.78 is 6.02. The van der Waals surface area contributed by atoms with Gasteiger partial charge in [-0.3, -0.25) is 0 Å². The number of nitrogens with zero attached hydrogens (tertiary/aromatic N) is 1. The molecule has 1 aromatic heterocycles. The molecule has 0 amide bonds. The van der Waals surface area contributed by atoms with Gasteiger partial charge in [-0.1, -0.05) is 19.3 Å². The Kier molecular flexibility index (Phi) is 4.17. The van der Waals surface area contributed by atoms with Gasteiger partial charge in [-0.25, -0.2) is 4.98 Å². The summed E-state index contributed by atoms with van der Waals surface area (Å²) in [7, 11) is 0. The predicted molar refractivity (Wildman–Crippen MR) is 69.1 cm³/mol. The highest BCUT2D eigenvalue weighted by Crippen LogP contribution is 2.42. The SMILES string of the molecule is CCOC1(c2nc(C(C)O)cs2)CCCCC1. The third-order valence-corrected chi connectivity index (χ3v) is 4.47. The molecule has 17 heavy (non-hydrogen) atoms. The Bertz CT molecular complexity index is 351. The minimum atomic E-state index is -0.484. The fraction of sp³-hybridized carbons (Fsp3) is 0.769. The second-order valence-corrected chi connectivity index (χ2v) is 5.60. The van der Waals surface area contributed by atoms with Crippen LogP contribution in [0.4, 0.5) is 0 Å². The quantitative estimate of drug-likeness (QED) is 0.896. The Morgan fingerprint density at radius 2 is 2.18 bits per heavy atom. The number of ether oxygens (including phenoxy) is 1. The summed E-state index contributed by atoms with van der Waals surface area (Å²) in [5, 5.41) is 12.6. The molecule has 0 spiro atoms. The summed E-state index contributed by atoms with van der Waals surface area (Å²) in [6.45, 7) is 4.52. The number of aliphatic hydroxyl groups excluding tert-OH is 1. The Morgan fingerprint density at radius 3 is 2.71 bits per heavy atom. The number of aliphatic hydroxyl groups is 1. The molecule has 0 bridgehead atoms. The van der Waals surface area contributed by atoms with Crippen molar-refractivity contribution in [2.24, 2.45) is 0 Å². The van der Waals surface area contributed by atoms with E-state index in [0.29, 0.717) is 0 Å². The first-order valence-corrected chi connectivity index (χ1v) is 7.34. The van der Waals surface area contributed by atoms with Crippen LogP contribution in [0.5, 0.6) is 0 Å². The molecule has 1 aliphatic rings. The van der Waals surface area contributed by atoms with Crippen LogP contribution in [0.1, 0.15) is 62.8 Å². The van der Waals surface area contributed by atoms with E-state index in [1.165, 1.54) is 19.3 Å². The van der Waals surface area contributed by atoms with E-state index in [0.717, 1.165) is 30.2 Å². The maximum Gasteiger partial charge on any atom is 0.125 e. The number of thiazole rings is 1. The van der Waals surface area contributed by atoms with Crippen molar-refractivity contribution in [2.75, 3.05) is 6.61 Å². The highest BCUT2D eigenvalue weighted by atomic mass is 32.1. The zero-order chi connectivity index (χ0) is 12.3. The Hall–Kier alpha value is -0.450. The zero-order valence-electron chi connectivity index (χ0n) is 10.6. The van der Waals surface area contributed by atoms with Gasteiger partial charge in [0.2, 0.25) is 0 Å². The first-order valence-electron chi connectivity index (χ1n) is 6.46. The van der Waals surface area contributed by atoms with Gasteiger partial charge in [0.25, 0.3) is 0 Å². The fourth-order valence-electron chi connectivity index (χ4n) is 2.51. The summed E-state index contributed by atoms with van der Waals surface area (Å²) in [6, 6.07) is 0. The van der Waals surface area contributed by atoms with Gasteiger partial charge in [0.1, 0.15) is 10.6 Å². The van der Waals surface area contributed by atoms with E-state index in [4.69, 9.17) is 4.74 Å². The number of rotatable bonds is 4. The first-order chi connectivity index (χ1) is 8.18. The molecule has 1 fully saturated rings. The molecule has 1 aromatic rings. The fourth-order valence-corrected chi connectivity index (χ4v) is 3.62. The van der Waals surface area contributed by atoms with Crippen molar-refractivity contribution in [3.63, 3.8) is 0 Å². The molecule has 3 nitrogen and oxygen atoms in total. The van der Waals surface area contributed by atoms with Gasteiger partial charge in [0.15, 0.2) is 0 Å². The second-order valence-electron chi connectivity index (χ2n) is 4.74. The van der Waals surface area contributed by atoms with E-state index in [2.05, 4.69) is 4.98 Å². The smallest absolute Gasteiger partial charge is 0.125 e. The lowest BCUT2D eigenvalue weighted by Crippen LogP contribution is -2.32. The van der Waals surface area contributed by atoms with Crippen molar-refractivity contribution >= 4 is 11.3 Å². The van der Waals surface area contributed by atoms with Crippen LogP contribution in [0, 0.1) is 0 Å². The highest BCUT2D eigenvalue weighted by molar-refractivity contribution is 7.09. The Morgan fingerprint density at radius 1 is 1.47 bits per heavy atom. The number of hydrogen-bond donors (Lipinski definition) is 1. The summed E-state index contributed by atoms with van der Waals surface area (Å²) in [5.74, 6) is 0. The van der Waals surface area contributed by atoms with Gasteiger partial charge in [-0.2, -0.15) is 0 Å². The van der Waals surface area contributed by atoms with Crippen molar-refractivity contribution < 1.29 is 9.84 Å². The van der Waals surface area contributed by atoms with Crippen LogP contribution in [0.2, 0.25) is 0 Å². The lowest BCUT2D eigenvalue weighted by atomic mass is 9.85. The van der Waals surface area contributed by atoms with Crippen molar-refractivity contribution in [3.8, 4) is 0 Å². The van der Waals surface area contributed by atoms with Gasteiger partial charge in [0, 0.05) is 12.0 Å². The average Bonchev–Trinajstić information content (AvgIpc) is 2.80. The van der Waals surface area contributed by atoms with Crippen molar-refractivity contribution in [3.05, 3.63) is 16.1 Å². The maximum absolute atomic E-state index is 9.55. The molecule has 1 atom stereocenters. The number of aromatic nitrogens is 1. The molecule has 0 aromatic carbocycles. The molecule has 2 rings (SSSR count). The molecule has 1 N–H and O–H groups in total. The zero-order valence-corrected chi connectivity index (χ0v) is 11.4. The van der Waals surface area contributed by atoms with Crippen molar-refractivity contribution in [1.29, 1.82) is 0 Å². The molecule has 1 saturated carbocycles. The lowest BCUT2D eigenvalue weighted by Gasteiger charge is -2.35. The van der Waals surface area contributed by atoms with Crippen LogP contribution in [-0.2, 0) is 10.3 Å². The van der Waals surface area contributed by atoms with E-state index in [-0.39, 0.29) is 5.60 Å². The summed E-state index contributed by atoms with van der Waals surface area (Å²) >= 11 is 1.63. The largest absolute Gasteiger partial charge is 0.387 e. The van der Waals surface area contributed by atoms with Gasteiger partial charge in [0.05, 0.1) is 11.8 Å². The van der Waals surface area contributed by atoms with Crippen LogP contribution in [-0.4, -0.2) is 16.7 Å². The molecule has 0 radical (unpaired) electrons. The minimum absolute atomic E-state index is 0.176. The van der Waals surface area contributed by atoms with Gasteiger partial charge >= 0.3 is 0 Å². The molecule has 1 aliphatic carbocycles. The lowest BCUT2D eigenvalue weighted by molar-refractivity contribution is -0.0706. The van der Waals surface area contributed by atoms with Gasteiger partial charge in [-0.15, -0.1) is 11.3 Å². The molecular weight excluding hydrogens is 234 g/mol. The molecule has 1 unspecified atom stereocenters. The van der Waals surface area contributed by atoms with Crippen LogP contribution in [0.25, 0.3) is 0 Å². The van der Waals surface area contributed by atoms with Crippen molar-refractivity contribution in [1.82, 2.24) is 4.98 Å². The molecular formula is C13H21NO2S. The Balaban J connectivity index is 2.24. The van der Waals surface area contributed by atoms with Crippen LogP contribution in [0.15, 0.2) is 5.38 Å². The monoisotopic (exact) mass is 255 g/mol. The molecule has 0 aliphatic heterocycles. The third-order valence-electron chi connectivity index (χ3n) is 3.42. The molecule has 96 valence electrons. The summed E-state index contributed by atoms with van der Waals surface area (Å²) in [4.78, 5) is 4.57. The van der Waals surface area contributed by atoms with E-state index in [1.54, 1.807) is 18.3 Å². The van der Waals surface area contributed by atoms with E-state index in [1.807, 2.05) is 12.3 Å². The third kappa shape index (κ3) is 2.69. The maximum atomic E-state index is 9.55. The van der Waals surface area contributed by atoms with Gasteiger partial charge < -0.3 is 9.84 Å². The number of hydrogen-bond acceptors (Lipinski definition) is 4. The minimum Gasteiger partial charge on any atom is -0.387 e. The van der Waals surface area contributed by atoms with Crippen LogP contribution in [0.3, 0.4) is 0 Å². The van der Waals surface area contributed by atoms with E-state index < -0.39 is 6.10 Å². The Labute approximate surface area is 107 Å². The van der Waals surface area contributed by atoms with Gasteiger partial charge in [-0.05, 0) is 26.7 Å². The summed E-state index contributed by atoms with van der Waals surface area (Å²) in [5.41, 5.74) is 0.597. The second kappa shape index (κ2) is 5.46. The first kappa shape index (κ1) is 13.0. The standard InChI is InChI=1S/C13H21NO2S/c1-3-16-13(7-5-4-6-8-13)12-14-11(9-17-12)10(2)15/h9-10,15H,3-8H2,1-2H3. The topological polar surface area (TPSA) is 42.4 Å². The van der Waals surface area contributed by atoms with Crippen LogP contribution < -0.4 is 0 Å². The highest BCUT2D eigenvalue weighted by Gasteiger charge is 2.37. The summed E-state index contributed by atoms with van der Waals surface area (Å²) in [6.07, 6.45) is 5.36. The van der Waals surface area contributed by atoms with E-state index >= 15 is 0 Å². The average molecular weight is 255 g/mol. The van der Waals surface area contributed by atoms with Crippen LogP contribution >= 0.6 is 11.3 Å². The normalized spacial score (nSPS) is 21.4. The molecule has 1 heterocycles. The predicted octanol–water partition coefficient (Wildman–Crippen LogP) is 3.39. The molecule has 0 saturated heterocycles. The molecule has 4 heteroatoms.